The highest BCUT2D eigenvalue weighted by atomic mass is 16.1. The minimum Gasteiger partial charge on any atom is -0.351 e. The molecule has 0 aromatic heterocycles. The van der Waals surface area contributed by atoms with Gasteiger partial charge in [-0.1, -0.05) is 19.1 Å². The van der Waals surface area contributed by atoms with Gasteiger partial charge in [-0.15, -0.1) is 0 Å². The molecule has 0 unspecified atom stereocenters. The Balaban J connectivity index is 1.97. The van der Waals surface area contributed by atoms with Crippen molar-refractivity contribution in [3.63, 3.8) is 0 Å². The number of nitrogens with two attached hydrogens (primary N) is 1. The maximum Gasteiger partial charge on any atom is 0.251 e. The van der Waals surface area contributed by atoms with E-state index in [9.17, 15) is 4.79 Å². The maximum absolute atomic E-state index is 11.8. The zero-order valence-corrected chi connectivity index (χ0v) is 9.62. The van der Waals surface area contributed by atoms with E-state index in [1.165, 1.54) is 12.8 Å². The van der Waals surface area contributed by atoms with Crippen molar-refractivity contribution in [2.45, 2.75) is 26.3 Å². The largest absolute Gasteiger partial charge is 0.351 e. The summed E-state index contributed by atoms with van der Waals surface area (Å²) in [6.45, 7) is 3.45. The smallest absolute Gasteiger partial charge is 0.251 e. The number of amides is 1. The fraction of sp³-hybridized carbons (Fsp3) is 0.462. The van der Waals surface area contributed by atoms with Crippen molar-refractivity contribution in [1.82, 2.24) is 5.32 Å². The lowest BCUT2D eigenvalue weighted by atomic mass is 10.1. The predicted molar refractivity (Wildman–Crippen MR) is 64.0 cm³/mol. The standard InChI is InChI=1S/C13H18N2O/c1-13(5-6-13)9-15-12(16)11-4-2-3-10(7-11)8-14/h2-4,7H,5-6,8-9,14H2,1H3,(H,15,16). The van der Waals surface area contributed by atoms with Crippen molar-refractivity contribution in [2.75, 3.05) is 6.54 Å². The summed E-state index contributed by atoms with van der Waals surface area (Å²) < 4.78 is 0. The van der Waals surface area contributed by atoms with E-state index < -0.39 is 0 Å². The molecule has 0 atom stereocenters. The average Bonchev–Trinajstić information content (AvgIpc) is 3.05. The minimum atomic E-state index is 0.00317. The van der Waals surface area contributed by atoms with E-state index in [0.29, 0.717) is 17.5 Å². The van der Waals surface area contributed by atoms with Crippen molar-refractivity contribution in [2.24, 2.45) is 11.1 Å². The molecule has 3 N–H and O–H groups in total. The minimum absolute atomic E-state index is 0.00317. The van der Waals surface area contributed by atoms with Gasteiger partial charge >= 0.3 is 0 Å². The highest BCUT2D eigenvalue weighted by molar-refractivity contribution is 5.94. The Bertz CT molecular complexity index is 397. The number of carbonyl (C=O) groups excluding carboxylic acids is 1. The van der Waals surface area contributed by atoms with Crippen LogP contribution in [-0.2, 0) is 6.54 Å². The second-order valence-corrected chi connectivity index (χ2v) is 4.90. The van der Waals surface area contributed by atoms with Crippen LogP contribution >= 0.6 is 0 Å². The van der Waals surface area contributed by atoms with Gasteiger partial charge in [-0.25, -0.2) is 0 Å². The third-order valence-electron chi connectivity index (χ3n) is 3.20. The van der Waals surface area contributed by atoms with Gasteiger partial charge in [0.15, 0.2) is 0 Å². The molecule has 0 radical (unpaired) electrons. The van der Waals surface area contributed by atoms with E-state index in [2.05, 4.69) is 12.2 Å². The van der Waals surface area contributed by atoms with Crippen molar-refractivity contribution < 1.29 is 4.79 Å². The predicted octanol–water partition coefficient (Wildman–Crippen LogP) is 1.68. The van der Waals surface area contributed by atoms with Crippen molar-refractivity contribution >= 4 is 5.91 Å². The summed E-state index contributed by atoms with van der Waals surface area (Å²) in [7, 11) is 0. The Morgan fingerprint density at radius 3 is 2.88 bits per heavy atom. The molecule has 0 aliphatic heterocycles. The zero-order valence-electron chi connectivity index (χ0n) is 9.62. The molecular formula is C13H18N2O. The van der Waals surface area contributed by atoms with E-state index in [1.54, 1.807) is 0 Å². The van der Waals surface area contributed by atoms with Gasteiger partial charge < -0.3 is 11.1 Å². The Morgan fingerprint density at radius 1 is 1.50 bits per heavy atom. The summed E-state index contributed by atoms with van der Waals surface area (Å²) >= 11 is 0. The molecule has 1 aromatic rings. The van der Waals surface area contributed by atoms with Gasteiger partial charge in [-0.3, -0.25) is 4.79 Å². The van der Waals surface area contributed by atoms with Gasteiger partial charge in [0.25, 0.3) is 5.91 Å². The van der Waals surface area contributed by atoms with Crippen LogP contribution in [-0.4, -0.2) is 12.5 Å². The summed E-state index contributed by atoms with van der Waals surface area (Å²) in [6.07, 6.45) is 2.44. The van der Waals surface area contributed by atoms with Crippen LogP contribution in [0.4, 0.5) is 0 Å². The van der Waals surface area contributed by atoms with Crippen LogP contribution in [0.5, 0.6) is 0 Å². The first-order chi connectivity index (χ1) is 7.63. The molecule has 1 saturated carbocycles. The lowest BCUT2D eigenvalue weighted by molar-refractivity contribution is 0.0946. The van der Waals surface area contributed by atoms with Crippen LogP contribution in [0.1, 0.15) is 35.7 Å². The Morgan fingerprint density at radius 2 is 2.25 bits per heavy atom. The normalized spacial score (nSPS) is 16.9. The first kappa shape index (κ1) is 11.1. The molecule has 3 nitrogen and oxygen atoms in total. The van der Waals surface area contributed by atoms with Crippen molar-refractivity contribution in [3.8, 4) is 0 Å². The van der Waals surface area contributed by atoms with Crippen LogP contribution in [0, 0.1) is 5.41 Å². The summed E-state index contributed by atoms with van der Waals surface area (Å²) in [6, 6.07) is 7.48. The van der Waals surface area contributed by atoms with Crippen LogP contribution < -0.4 is 11.1 Å². The maximum atomic E-state index is 11.8. The first-order valence-corrected chi connectivity index (χ1v) is 5.70. The fourth-order valence-electron chi connectivity index (χ4n) is 1.63. The van der Waals surface area contributed by atoms with Crippen LogP contribution in [0.3, 0.4) is 0 Å². The zero-order chi connectivity index (χ0) is 11.6. The molecule has 1 aromatic carbocycles. The third-order valence-corrected chi connectivity index (χ3v) is 3.20. The molecule has 2 rings (SSSR count). The highest BCUT2D eigenvalue weighted by Gasteiger charge is 2.37. The molecular weight excluding hydrogens is 200 g/mol. The number of rotatable bonds is 4. The van der Waals surface area contributed by atoms with Gasteiger partial charge in [-0.05, 0) is 36.0 Å². The summed E-state index contributed by atoms with van der Waals surface area (Å²) in [5.74, 6) is 0.00317. The Kier molecular flexibility index (Phi) is 2.97. The Labute approximate surface area is 96.0 Å². The van der Waals surface area contributed by atoms with E-state index in [4.69, 9.17) is 5.73 Å². The second kappa shape index (κ2) is 4.26. The highest BCUT2D eigenvalue weighted by Crippen LogP contribution is 2.44. The molecule has 16 heavy (non-hydrogen) atoms. The quantitative estimate of drug-likeness (QED) is 0.807. The lowest BCUT2D eigenvalue weighted by Gasteiger charge is -2.10. The number of hydrogen-bond donors (Lipinski definition) is 2. The molecule has 1 aliphatic carbocycles. The van der Waals surface area contributed by atoms with Gasteiger partial charge in [0.2, 0.25) is 0 Å². The molecule has 0 saturated heterocycles. The summed E-state index contributed by atoms with van der Waals surface area (Å²) in [4.78, 5) is 11.8. The van der Waals surface area contributed by atoms with Crippen LogP contribution in [0.15, 0.2) is 24.3 Å². The average molecular weight is 218 g/mol. The fourth-order valence-corrected chi connectivity index (χ4v) is 1.63. The van der Waals surface area contributed by atoms with Crippen molar-refractivity contribution in [1.29, 1.82) is 0 Å². The monoisotopic (exact) mass is 218 g/mol. The van der Waals surface area contributed by atoms with Gasteiger partial charge in [0.1, 0.15) is 0 Å². The Hall–Kier alpha value is -1.35. The van der Waals surface area contributed by atoms with Crippen LogP contribution in [0.25, 0.3) is 0 Å². The molecule has 1 aliphatic rings. The molecule has 3 heteroatoms. The van der Waals surface area contributed by atoms with E-state index in [-0.39, 0.29) is 5.91 Å². The molecule has 86 valence electrons. The van der Waals surface area contributed by atoms with E-state index in [0.717, 1.165) is 12.1 Å². The van der Waals surface area contributed by atoms with Gasteiger partial charge in [0.05, 0.1) is 0 Å². The molecule has 0 spiro atoms. The van der Waals surface area contributed by atoms with Gasteiger partial charge in [0, 0.05) is 18.7 Å². The first-order valence-electron chi connectivity index (χ1n) is 5.70. The van der Waals surface area contributed by atoms with Gasteiger partial charge in [-0.2, -0.15) is 0 Å². The summed E-state index contributed by atoms with van der Waals surface area (Å²) in [5, 5.41) is 2.97. The molecule has 1 fully saturated rings. The molecule has 0 bridgehead atoms. The number of benzene rings is 1. The van der Waals surface area contributed by atoms with Crippen LogP contribution in [0.2, 0.25) is 0 Å². The second-order valence-electron chi connectivity index (χ2n) is 4.90. The number of nitrogens with one attached hydrogen (secondary N) is 1. The molecule has 1 amide bonds. The van der Waals surface area contributed by atoms with E-state index >= 15 is 0 Å². The molecule has 0 heterocycles. The number of carbonyl (C=O) groups is 1. The van der Waals surface area contributed by atoms with E-state index in [1.807, 2.05) is 24.3 Å². The summed E-state index contributed by atoms with van der Waals surface area (Å²) in [5.41, 5.74) is 7.58. The SMILES string of the molecule is CC1(CNC(=O)c2cccc(CN)c2)CC1. The van der Waals surface area contributed by atoms with Crippen molar-refractivity contribution in [3.05, 3.63) is 35.4 Å². The lowest BCUT2D eigenvalue weighted by Crippen LogP contribution is -2.29. The number of hydrogen-bond acceptors (Lipinski definition) is 2. The topological polar surface area (TPSA) is 55.1 Å². The third kappa shape index (κ3) is 2.61.